The molecule has 1 aromatic heterocycles. The molecule has 0 aliphatic rings. The lowest BCUT2D eigenvalue weighted by Crippen LogP contribution is -1.99. The first kappa shape index (κ1) is 12.8. The van der Waals surface area contributed by atoms with Crippen molar-refractivity contribution in [3.8, 4) is 0 Å². The van der Waals surface area contributed by atoms with Crippen LogP contribution in [0.2, 0.25) is 0 Å². The maximum Gasteiger partial charge on any atom is 0.170 e. The predicted molar refractivity (Wildman–Crippen MR) is 66.0 cm³/mol. The summed E-state index contributed by atoms with van der Waals surface area (Å²) in [5, 5.41) is 0. The fourth-order valence-electron chi connectivity index (χ4n) is 0.958. The summed E-state index contributed by atoms with van der Waals surface area (Å²) >= 11 is 0. The van der Waals surface area contributed by atoms with Crippen molar-refractivity contribution in [1.29, 1.82) is 0 Å². The quantitative estimate of drug-likeness (QED) is 0.721. The molecule has 0 saturated heterocycles. The Hall–Kier alpha value is -0.176. The van der Waals surface area contributed by atoms with Crippen molar-refractivity contribution >= 4 is 37.2 Å². The molecule has 1 heterocycles. The van der Waals surface area contributed by atoms with E-state index in [2.05, 4.69) is 28.3 Å². The molecule has 74 valence electrons. The average Bonchev–Trinajstić information content (AvgIpc) is 2.56. The summed E-state index contributed by atoms with van der Waals surface area (Å²) in [7, 11) is 0.504. The van der Waals surface area contributed by atoms with Gasteiger partial charge in [0.1, 0.15) is 10.5 Å². The van der Waals surface area contributed by atoms with Crippen LogP contribution in [0.25, 0.3) is 0 Å². The molecule has 0 aliphatic heterocycles. The van der Waals surface area contributed by atoms with Gasteiger partial charge in [0.15, 0.2) is 9.76 Å². The fraction of sp³-hybridized carbons (Fsp3) is 0.286. The lowest BCUT2D eigenvalue weighted by atomic mass is 10.3. The number of aromatic nitrogens is 2. The molecule has 0 fully saturated rings. The van der Waals surface area contributed by atoms with E-state index in [0.29, 0.717) is 6.04 Å². The van der Waals surface area contributed by atoms with Gasteiger partial charge >= 0.3 is 0 Å². The highest BCUT2D eigenvalue weighted by Gasteiger charge is 1.96. The topological polar surface area (TPSA) is 27.1 Å². The largest absolute Gasteiger partial charge is 0.465 e. The van der Waals surface area contributed by atoms with E-state index in [9.17, 15) is 0 Å². The van der Waals surface area contributed by atoms with Gasteiger partial charge in [-0.25, -0.2) is 4.98 Å². The number of hydrogen-bond donors (Lipinski definition) is 0. The minimum absolute atomic E-state index is 0. The number of imidazole rings is 1. The van der Waals surface area contributed by atoms with Crippen LogP contribution in [-0.2, 0) is 4.12 Å². The smallest absolute Gasteiger partial charge is 0.170 e. The molecule has 6 heteroatoms. The molecule has 0 aromatic carbocycles. The molecule has 3 nitrogen and oxygen atoms in total. The number of nitrogens with zero attached hydrogens (tertiary/aromatic N) is 2. The molecule has 0 saturated carbocycles. The Balaban J connectivity index is 0.00000144. The van der Waals surface area contributed by atoms with Crippen LogP contribution in [0.1, 0.15) is 13.0 Å². The number of rotatable bonds is 4. The Bertz CT molecular complexity index is 241. The lowest BCUT2D eigenvalue weighted by Gasteiger charge is -2.06. The Morgan fingerprint density at radius 2 is 2.46 bits per heavy atom. The van der Waals surface area contributed by atoms with Crippen LogP contribution >= 0.6 is 17.0 Å². The van der Waals surface area contributed by atoms with Crippen molar-refractivity contribution in [2.45, 2.75) is 13.0 Å². The first-order valence-corrected chi connectivity index (χ1v) is 6.18. The number of hydrogen-bond acceptors (Lipinski definition) is 2. The van der Waals surface area contributed by atoms with Gasteiger partial charge < -0.3 is 8.68 Å². The summed E-state index contributed by atoms with van der Waals surface area (Å²) in [6.07, 6.45) is 7.77. The van der Waals surface area contributed by atoms with Crippen molar-refractivity contribution in [2.24, 2.45) is 0 Å². The van der Waals surface area contributed by atoms with Gasteiger partial charge in [-0.2, -0.15) is 0 Å². The molecule has 0 radical (unpaired) electrons. The van der Waals surface area contributed by atoms with Crippen molar-refractivity contribution in [2.75, 3.05) is 0 Å². The van der Waals surface area contributed by atoms with Gasteiger partial charge in [-0.3, -0.25) is 0 Å². The third-order valence-electron chi connectivity index (χ3n) is 1.67. The molecule has 1 aromatic rings. The normalized spacial score (nSPS) is 13.9. The van der Waals surface area contributed by atoms with Gasteiger partial charge in [-0.15, -0.1) is 17.0 Å². The van der Waals surface area contributed by atoms with E-state index in [1.165, 1.54) is 0 Å². The van der Waals surface area contributed by atoms with Crippen molar-refractivity contribution in [3.63, 3.8) is 0 Å². The summed E-state index contributed by atoms with van der Waals surface area (Å²) in [6.45, 7) is 2.14. The molecular formula is C7H15BrN2OSi2. The van der Waals surface area contributed by atoms with Gasteiger partial charge in [0.05, 0.1) is 6.33 Å². The highest BCUT2D eigenvalue weighted by molar-refractivity contribution is 8.93. The highest BCUT2D eigenvalue weighted by Crippen LogP contribution is 2.04. The van der Waals surface area contributed by atoms with Crippen molar-refractivity contribution < 1.29 is 4.12 Å². The van der Waals surface area contributed by atoms with Gasteiger partial charge in [0, 0.05) is 18.4 Å². The van der Waals surface area contributed by atoms with E-state index < -0.39 is 0 Å². The molecule has 0 N–H and O–H groups in total. The van der Waals surface area contributed by atoms with Crippen molar-refractivity contribution in [3.05, 3.63) is 30.5 Å². The van der Waals surface area contributed by atoms with E-state index in [0.717, 1.165) is 10.5 Å². The second-order valence-electron chi connectivity index (χ2n) is 2.63. The average molecular weight is 279 g/mol. The van der Waals surface area contributed by atoms with Crippen LogP contribution in [0.15, 0.2) is 30.5 Å². The first-order valence-electron chi connectivity index (χ1n) is 3.97. The van der Waals surface area contributed by atoms with E-state index in [1.54, 1.807) is 6.20 Å². The standard InChI is InChI=1S/C7H14N2OSi2.BrH/c1-7(2-5-12-10-11)9-4-3-8-6-9;/h2-7H,12H2,1,11H3;1H/b5-2+;. The zero-order valence-corrected chi connectivity index (χ0v) is 13.0. The van der Waals surface area contributed by atoms with E-state index >= 15 is 0 Å². The molecule has 0 spiro atoms. The Labute approximate surface area is 94.5 Å². The van der Waals surface area contributed by atoms with Crippen LogP contribution < -0.4 is 0 Å². The molecule has 1 rings (SSSR count). The minimum atomic E-state index is -0.362. The fourth-order valence-corrected chi connectivity index (χ4v) is 2.23. The van der Waals surface area contributed by atoms with E-state index in [4.69, 9.17) is 4.12 Å². The zero-order chi connectivity index (χ0) is 8.81. The Morgan fingerprint density at radius 1 is 1.69 bits per heavy atom. The predicted octanol–water partition coefficient (Wildman–Crippen LogP) is -0.0835. The third-order valence-corrected chi connectivity index (χ3v) is 3.47. The molecule has 1 unspecified atom stereocenters. The summed E-state index contributed by atoms with van der Waals surface area (Å²) in [5.74, 6) is 0. The second-order valence-corrected chi connectivity index (χ2v) is 5.75. The first-order chi connectivity index (χ1) is 5.84. The summed E-state index contributed by atoms with van der Waals surface area (Å²) in [4.78, 5) is 3.99. The minimum Gasteiger partial charge on any atom is -0.465 e. The number of halogens is 1. The SMILES string of the molecule is Br.CC(/C=C/[SiH2]O[SiH3])n1ccnc1. The maximum atomic E-state index is 5.18. The molecular weight excluding hydrogens is 264 g/mol. The van der Waals surface area contributed by atoms with Crippen molar-refractivity contribution in [1.82, 2.24) is 9.55 Å². The summed E-state index contributed by atoms with van der Waals surface area (Å²) < 4.78 is 7.24. The second kappa shape index (κ2) is 7.25. The highest BCUT2D eigenvalue weighted by atomic mass is 79.9. The van der Waals surface area contributed by atoms with Crippen LogP contribution in [-0.4, -0.2) is 29.8 Å². The van der Waals surface area contributed by atoms with Crippen LogP contribution in [0.4, 0.5) is 0 Å². The third kappa shape index (κ3) is 4.56. The molecule has 0 bridgehead atoms. The molecule has 0 amide bonds. The number of allylic oxidation sites excluding steroid dienone is 1. The van der Waals surface area contributed by atoms with E-state index in [-0.39, 0.29) is 26.7 Å². The van der Waals surface area contributed by atoms with Crippen LogP contribution in [0.3, 0.4) is 0 Å². The molecule has 1 atom stereocenters. The molecule has 0 aliphatic carbocycles. The van der Waals surface area contributed by atoms with Gasteiger partial charge in [-0.05, 0) is 6.92 Å². The summed E-state index contributed by atoms with van der Waals surface area (Å²) in [5.41, 5.74) is 2.18. The Morgan fingerprint density at radius 3 is 3.00 bits per heavy atom. The van der Waals surface area contributed by atoms with Gasteiger partial charge in [-0.1, -0.05) is 11.8 Å². The lowest BCUT2D eigenvalue weighted by molar-refractivity contribution is 0.654. The maximum absolute atomic E-state index is 5.18. The summed E-state index contributed by atoms with van der Waals surface area (Å²) in [6, 6.07) is 0.400. The molecule has 13 heavy (non-hydrogen) atoms. The zero-order valence-electron chi connectivity index (χ0n) is 7.88. The van der Waals surface area contributed by atoms with Gasteiger partial charge in [0.2, 0.25) is 0 Å². The van der Waals surface area contributed by atoms with Gasteiger partial charge in [0.25, 0.3) is 0 Å². The van der Waals surface area contributed by atoms with Crippen LogP contribution in [0, 0.1) is 0 Å². The monoisotopic (exact) mass is 278 g/mol. The Kier molecular flexibility index (Phi) is 7.15. The van der Waals surface area contributed by atoms with E-state index in [1.807, 2.05) is 12.5 Å². The van der Waals surface area contributed by atoms with Crippen LogP contribution in [0.5, 0.6) is 0 Å².